The van der Waals surface area contributed by atoms with Crippen molar-refractivity contribution in [2.45, 2.75) is 13.0 Å². The fraction of sp³-hybridized carbons (Fsp3) is 0.444. The van der Waals surface area contributed by atoms with Gasteiger partial charge in [-0.1, -0.05) is 11.6 Å². The van der Waals surface area contributed by atoms with E-state index in [1.165, 1.54) is 0 Å². The lowest BCUT2D eigenvalue weighted by molar-refractivity contribution is 0.646. The predicted molar refractivity (Wildman–Crippen MR) is 54.6 cm³/mol. The number of rotatable bonds is 5. The Bertz CT molecular complexity index is 235. The molecule has 4 heteroatoms. The molecule has 0 atom stereocenters. The molecule has 0 aromatic carbocycles. The molecule has 1 aromatic heterocycles. The lowest BCUT2D eigenvalue weighted by Crippen LogP contribution is -2.18. The summed E-state index contributed by atoms with van der Waals surface area (Å²) in [6.07, 6.45) is 2.65. The van der Waals surface area contributed by atoms with Crippen LogP contribution in [-0.4, -0.2) is 18.1 Å². The molecule has 1 rings (SSSR count). The minimum absolute atomic E-state index is 0.672. The van der Waals surface area contributed by atoms with E-state index in [1.807, 2.05) is 12.1 Å². The van der Waals surface area contributed by atoms with Gasteiger partial charge in [0.25, 0.3) is 0 Å². The molecule has 1 heterocycles. The summed E-state index contributed by atoms with van der Waals surface area (Å²) in [5, 5.41) is 3.91. The molecule has 0 spiro atoms. The second kappa shape index (κ2) is 5.91. The Morgan fingerprint density at radius 2 is 2.31 bits per heavy atom. The largest absolute Gasteiger partial charge is 0.330 e. The van der Waals surface area contributed by atoms with Gasteiger partial charge in [0, 0.05) is 12.7 Å². The van der Waals surface area contributed by atoms with E-state index in [1.54, 1.807) is 6.20 Å². The summed E-state index contributed by atoms with van der Waals surface area (Å²) in [5.74, 6) is 0. The van der Waals surface area contributed by atoms with Gasteiger partial charge in [0.2, 0.25) is 0 Å². The van der Waals surface area contributed by atoms with E-state index in [0.717, 1.165) is 31.7 Å². The van der Waals surface area contributed by atoms with Crippen molar-refractivity contribution in [3.8, 4) is 0 Å². The average Bonchev–Trinajstić information content (AvgIpc) is 2.15. The van der Waals surface area contributed by atoms with Crippen molar-refractivity contribution in [2.75, 3.05) is 13.1 Å². The molecule has 0 bridgehead atoms. The van der Waals surface area contributed by atoms with Gasteiger partial charge in [-0.15, -0.1) is 0 Å². The Morgan fingerprint density at radius 3 is 2.92 bits per heavy atom. The summed E-state index contributed by atoms with van der Waals surface area (Å²) in [6, 6.07) is 3.76. The van der Waals surface area contributed by atoms with Gasteiger partial charge < -0.3 is 11.1 Å². The molecule has 0 amide bonds. The zero-order valence-corrected chi connectivity index (χ0v) is 8.22. The minimum atomic E-state index is 0.672. The normalized spacial score (nSPS) is 10.3. The second-order valence-electron chi connectivity index (χ2n) is 2.79. The summed E-state index contributed by atoms with van der Waals surface area (Å²) in [4.78, 5) is 4.15. The van der Waals surface area contributed by atoms with E-state index in [4.69, 9.17) is 17.3 Å². The number of hydrogen-bond acceptors (Lipinski definition) is 3. The third-order valence-corrected chi connectivity index (χ3v) is 1.88. The van der Waals surface area contributed by atoms with Gasteiger partial charge in [0.15, 0.2) is 0 Å². The molecule has 0 unspecified atom stereocenters. The number of nitrogens with one attached hydrogen (secondary N) is 1. The third-order valence-electron chi connectivity index (χ3n) is 1.65. The van der Waals surface area contributed by atoms with Gasteiger partial charge in [-0.3, -0.25) is 4.98 Å². The standard InChI is InChI=1S/C9H14ClN3/c10-8-2-3-9(13-6-8)7-12-5-1-4-11/h2-3,6,12H,1,4-5,7,11H2. The first-order chi connectivity index (χ1) is 6.33. The predicted octanol–water partition coefficient (Wildman–Crippen LogP) is 1.17. The van der Waals surface area contributed by atoms with E-state index >= 15 is 0 Å². The van der Waals surface area contributed by atoms with Crippen LogP contribution in [-0.2, 0) is 6.54 Å². The highest BCUT2D eigenvalue weighted by Crippen LogP contribution is 2.05. The molecule has 1 aromatic rings. The van der Waals surface area contributed by atoms with Crippen LogP contribution in [0.2, 0.25) is 5.02 Å². The van der Waals surface area contributed by atoms with Crippen molar-refractivity contribution < 1.29 is 0 Å². The fourth-order valence-corrected chi connectivity index (χ4v) is 1.07. The van der Waals surface area contributed by atoms with Crippen LogP contribution in [0.4, 0.5) is 0 Å². The van der Waals surface area contributed by atoms with Gasteiger partial charge in [-0.05, 0) is 31.6 Å². The summed E-state index contributed by atoms with van der Waals surface area (Å²) >= 11 is 5.70. The van der Waals surface area contributed by atoms with Gasteiger partial charge in [-0.25, -0.2) is 0 Å². The molecule has 0 fully saturated rings. The maximum Gasteiger partial charge on any atom is 0.0589 e. The van der Waals surface area contributed by atoms with E-state index in [0.29, 0.717) is 5.02 Å². The van der Waals surface area contributed by atoms with Crippen molar-refractivity contribution in [2.24, 2.45) is 5.73 Å². The lowest BCUT2D eigenvalue weighted by atomic mass is 10.3. The molecule has 0 radical (unpaired) electrons. The van der Waals surface area contributed by atoms with Crippen LogP contribution in [0, 0.1) is 0 Å². The molecule has 13 heavy (non-hydrogen) atoms. The van der Waals surface area contributed by atoms with E-state index < -0.39 is 0 Å². The quantitative estimate of drug-likeness (QED) is 0.701. The maximum atomic E-state index is 5.70. The monoisotopic (exact) mass is 199 g/mol. The van der Waals surface area contributed by atoms with Crippen LogP contribution in [0.15, 0.2) is 18.3 Å². The van der Waals surface area contributed by atoms with Crippen molar-refractivity contribution in [3.63, 3.8) is 0 Å². The zero-order chi connectivity index (χ0) is 9.52. The fourth-order valence-electron chi connectivity index (χ4n) is 0.955. The van der Waals surface area contributed by atoms with Crippen LogP contribution in [0.5, 0.6) is 0 Å². The Hall–Kier alpha value is -0.640. The third kappa shape index (κ3) is 4.22. The van der Waals surface area contributed by atoms with Crippen LogP contribution in [0.25, 0.3) is 0 Å². The van der Waals surface area contributed by atoms with Crippen molar-refractivity contribution in [1.82, 2.24) is 10.3 Å². The summed E-state index contributed by atoms with van der Waals surface area (Å²) < 4.78 is 0. The molecule has 72 valence electrons. The highest BCUT2D eigenvalue weighted by atomic mass is 35.5. The number of hydrogen-bond donors (Lipinski definition) is 2. The van der Waals surface area contributed by atoms with Crippen LogP contribution >= 0.6 is 11.6 Å². The molecule has 0 aliphatic heterocycles. The van der Waals surface area contributed by atoms with E-state index in [2.05, 4.69) is 10.3 Å². The molecule has 3 nitrogen and oxygen atoms in total. The number of nitrogens with two attached hydrogens (primary N) is 1. The molecule has 0 saturated heterocycles. The second-order valence-corrected chi connectivity index (χ2v) is 3.22. The number of aromatic nitrogens is 1. The van der Waals surface area contributed by atoms with Crippen molar-refractivity contribution >= 4 is 11.6 Å². The molecule has 3 N–H and O–H groups in total. The number of halogens is 1. The smallest absolute Gasteiger partial charge is 0.0589 e. The van der Waals surface area contributed by atoms with E-state index in [9.17, 15) is 0 Å². The van der Waals surface area contributed by atoms with Crippen molar-refractivity contribution in [3.05, 3.63) is 29.0 Å². The van der Waals surface area contributed by atoms with Gasteiger partial charge in [0.05, 0.1) is 10.7 Å². The SMILES string of the molecule is NCCCNCc1ccc(Cl)cn1. The lowest BCUT2D eigenvalue weighted by Gasteiger charge is -2.02. The summed E-state index contributed by atoms with van der Waals surface area (Å²) in [7, 11) is 0. The van der Waals surface area contributed by atoms with Gasteiger partial charge in [-0.2, -0.15) is 0 Å². The molecule has 0 aliphatic rings. The van der Waals surface area contributed by atoms with Crippen LogP contribution < -0.4 is 11.1 Å². The first-order valence-electron chi connectivity index (χ1n) is 4.34. The molecule has 0 saturated carbocycles. The zero-order valence-electron chi connectivity index (χ0n) is 7.46. The Labute approximate surface area is 83.3 Å². The Balaban J connectivity index is 2.25. The molecular formula is C9H14ClN3. The first kappa shape index (κ1) is 10.4. The van der Waals surface area contributed by atoms with Gasteiger partial charge >= 0.3 is 0 Å². The highest BCUT2D eigenvalue weighted by molar-refractivity contribution is 6.30. The highest BCUT2D eigenvalue weighted by Gasteiger charge is 1.93. The Morgan fingerprint density at radius 1 is 1.46 bits per heavy atom. The average molecular weight is 200 g/mol. The maximum absolute atomic E-state index is 5.70. The first-order valence-corrected chi connectivity index (χ1v) is 4.72. The van der Waals surface area contributed by atoms with Crippen molar-refractivity contribution in [1.29, 1.82) is 0 Å². The Kier molecular flexibility index (Phi) is 4.75. The molecule has 0 aliphatic carbocycles. The van der Waals surface area contributed by atoms with Crippen LogP contribution in [0.1, 0.15) is 12.1 Å². The minimum Gasteiger partial charge on any atom is -0.330 e. The van der Waals surface area contributed by atoms with Crippen LogP contribution in [0.3, 0.4) is 0 Å². The topological polar surface area (TPSA) is 50.9 Å². The van der Waals surface area contributed by atoms with Gasteiger partial charge in [0.1, 0.15) is 0 Å². The molecular weight excluding hydrogens is 186 g/mol. The number of pyridine rings is 1. The summed E-state index contributed by atoms with van der Waals surface area (Å²) in [5.41, 5.74) is 6.36. The van der Waals surface area contributed by atoms with E-state index in [-0.39, 0.29) is 0 Å². The number of nitrogens with zero attached hydrogens (tertiary/aromatic N) is 1. The summed E-state index contributed by atoms with van der Waals surface area (Å²) in [6.45, 7) is 2.43.